The number of benzene rings is 1. The van der Waals surface area contributed by atoms with Crippen molar-refractivity contribution in [1.82, 2.24) is 9.97 Å². The van der Waals surface area contributed by atoms with Crippen molar-refractivity contribution in [2.75, 3.05) is 26.6 Å². The lowest BCUT2D eigenvalue weighted by molar-refractivity contribution is -0.116. The van der Waals surface area contributed by atoms with Crippen LogP contribution in [0.4, 0.5) is 11.5 Å². The summed E-state index contributed by atoms with van der Waals surface area (Å²) in [7, 11) is 4.64. The molecule has 32 heavy (non-hydrogen) atoms. The van der Waals surface area contributed by atoms with Gasteiger partial charge in [0.25, 0.3) is 0 Å². The normalized spacial score (nSPS) is 11.2. The average Bonchev–Trinajstić information content (AvgIpc) is 2.79. The molecule has 8 heteroatoms. The van der Waals surface area contributed by atoms with Gasteiger partial charge < -0.3 is 29.1 Å². The molecule has 0 aliphatic rings. The number of nitrogens with one attached hydrogen (secondary N) is 1. The predicted molar refractivity (Wildman–Crippen MR) is 124 cm³/mol. The van der Waals surface area contributed by atoms with Crippen LogP contribution in [0, 0.1) is 0 Å². The smallest absolute Gasteiger partial charge is 0.239 e. The lowest BCUT2D eigenvalue weighted by atomic mass is 10.0. The minimum Gasteiger partial charge on any atom is -0.493 e. The summed E-state index contributed by atoms with van der Waals surface area (Å²) >= 11 is 0. The largest absolute Gasteiger partial charge is 0.493 e. The Balaban J connectivity index is 2.25. The number of anilines is 2. The number of hydrogen-bond acceptors (Lipinski definition) is 8. The molecule has 0 fully saturated rings. The van der Waals surface area contributed by atoms with E-state index >= 15 is 0 Å². The first-order chi connectivity index (χ1) is 15.3. The fourth-order valence-corrected chi connectivity index (χ4v) is 2.83. The van der Waals surface area contributed by atoms with E-state index in [0.29, 0.717) is 47.4 Å². The van der Waals surface area contributed by atoms with Gasteiger partial charge in [-0.2, -0.15) is 4.98 Å². The van der Waals surface area contributed by atoms with E-state index in [2.05, 4.69) is 28.4 Å². The predicted octanol–water partition coefficient (Wildman–Crippen LogP) is 5.01. The van der Waals surface area contributed by atoms with Crippen molar-refractivity contribution in [1.29, 1.82) is 0 Å². The molecule has 170 valence electrons. The zero-order valence-electron chi connectivity index (χ0n) is 19.2. The van der Waals surface area contributed by atoms with Gasteiger partial charge in [-0.25, -0.2) is 0 Å². The summed E-state index contributed by atoms with van der Waals surface area (Å²) in [6.07, 6.45) is 5.61. The second-order valence-electron chi connectivity index (χ2n) is 6.88. The Bertz CT molecular complexity index is 1010. The molecule has 0 bridgehead atoms. The molecular formula is C24H29N3O5. The minimum atomic E-state index is 0.108. The molecule has 0 radical (unpaired) electrons. The first-order valence-electron chi connectivity index (χ1n) is 9.90. The van der Waals surface area contributed by atoms with E-state index in [4.69, 9.17) is 18.9 Å². The topological polar surface area (TPSA) is 91.8 Å². The Labute approximate surface area is 188 Å². The van der Waals surface area contributed by atoms with Crippen molar-refractivity contribution >= 4 is 17.3 Å². The highest BCUT2D eigenvalue weighted by Gasteiger charge is 2.14. The van der Waals surface area contributed by atoms with Crippen molar-refractivity contribution in [3.63, 3.8) is 0 Å². The maximum atomic E-state index is 11.2. The van der Waals surface area contributed by atoms with Crippen LogP contribution in [0.5, 0.6) is 23.1 Å². The molecule has 2 rings (SSSR count). The number of hydrogen-bond donors (Lipinski definition) is 1. The van der Waals surface area contributed by atoms with Gasteiger partial charge in [0.1, 0.15) is 11.5 Å². The van der Waals surface area contributed by atoms with Crippen LogP contribution in [0.2, 0.25) is 0 Å². The molecular weight excluding hydrogens is 410 g/mol. The Hall–Kier alpha value is -3.81. The highest BCUT2D eigenvalue weighted by molar-refractivity contribution is 5.75. The number of nitrogens with zero attached hydrogens (tertiary/aromatic N) is 2. The summed E-state index contributed by atoms with van der Waals surface area (Å²) in [4.78, 5) is 19.9. The van der Waals surface area contributed by atoms with Crippen LogP contribution in [0.1, 0.15) is 26.7 Å². The number of Topliss-reactive ketones (excluding diaryl/α,β-unsaturated/α-hetero) is 1. The number of carbonyl (C=O) groups excluding carboxylic acids is 1. The lowest BCUT2D eigenvalue weighted by Crippen LogP contribution is -2.03. The zero-order chi connectivity index (χ0) is 23.7. The highest BCUT2D eigenvalue weighted by Crippen LogP contribution is 2.40. The number of rotatable bonds is 12. The molecule has 1 aromatic carbocycles. The number of methoxy groups -OCH3 is 3. The molecule has 1 N–H and O–H groups in total. The first kappa shape index (κ1) is 24.5. The minimum absolute atomic E-state index is 0.108. The van der Waals surface area contributed by atoms with E-state index < -0.39 is 0 Å². The van der Waals surface area contributed by atoms with Crippen molar-refractivity contribution < 1.29 is 23.7 Å². The molecule has 2 aromatic rings. The van der Waals surface area contributed by atoms with Gasteiger partial charge in [-0.1, -0.05) is 13.2 Å². The highest BCUT2D eigenvalue weighted by atomic mass is 16.5. The van der Waals surface area contributed by atoms with E-state index in [-0.39, 0.29) is 11.7 Å². The second-order valence-corrected chi connectivity index (χ2v) is 6.88. The lowest BCUT2D eigenvalue weighted by Gasteiger charge is -2.15. The Morgan fingerprint density at radius 3 is 2.25 bits per heavy atom. The molecule has 0 unspecified atom stereocenters. The monoisotopic (exact) mass is 439 g/mol. The SMILES string of the molecule is C=C/C(Oc1cncc(Nc2cc(OC)c(OC)c(OC)c2)n1)=C(/C)C(=C)CCC(C)=O. The van der Waals surface area contributed by atoms with Crippen LogP contribution in [-0.2, 0) is 4.79 Å². The number of carbonyl (C=O) groups is 1. The molecule has 0 spiro atoms. The fourth-order valence-electron chi connectivity index (χ4n) is 2.83. The Kier molecular flexibility index (Phi) is 8.83. The molecule has 8 nitrogen and oxygen atoms in total. The van der Waals surface area contributed by atoms with Crippen LogP contribution in [0.3, 0.4) is 0 Å². The molecule has 1 aromatic heterocycles. The standard InChI is InChI=1S/C24H29N3O5/c1-8-19(17(4)15(2)9-10-16(3)28)32-23-14-25-13-22(27-23)26-18-11-20(29-5)24(31-7)21(12-18)30-6/h8,11-14H,1-2,9-10H2,3-7H3,(H,26,27)/b19-17+. The molecule has 0 saturated carbocycles. The van der Waals surface area contributed by atoms with Crippen LogP contribution >= 0.6 is 0 Å². The van der Waals surface area contributed by atoms with Gasteiger partial charge in [-0.05, 0) is 37.5 Å². The summed E-state index contributed by atoms with van der Waals surface area (Å²) in [5.74, 6) is 2.83. The summed E-state index contributed by atoms with van der Waals surface area (Å²) in [6.45, 7) is 11.3. The molecule has 0 atom stereocenters. The van der Waals surface area contributed by atoms with E-state index in [9.17, 15) is 4.79 Å². The van der Waals surface area contributed by atoms with Crippen molar-refractivity contribution in [3.8, 4) is 23.1 Å². The maximum Gasteiger partial charge on any atom is 0.239 e. The van der Waals surface area contributed by atoms with Gasteiger partial charge in [-0.3, -0.25) is 4.98 Å². The van der Waals surface area contributed by atoms with E-state index in [1.165, 1.54) is 6.20 Å². The van der Waals surface area contributed by atoms with E-state index in [0.717, 1.165) is 11.1 Å². The summed E-state index contributed by atoms with van der Waals surface area (Å²) in [5, 5.41) is 3.15. The average molecular weight is 440 g/mol. The van der Waals surface area contributed by atoms with Gasteiger partial charge >= 0.3 is 0 Å². The van der Waals surface area contributed by atoms with Crippen LogP contribution in [0.25, 0.3) is 0 Å². The number of allylic oxidation sites excluding steroid dienone is 3. The molecule has 0 saturated heterocycles. The van der Waals surface area contributed by atoms with Crippen molar-refractivity contribution in [3.05, 3.63) is 60.7 Å². The quantitative estimate of drug-likeness (QED) is 0.364. The third-order valence-electron chi connectivity index (χ3n) is 4.63. The van der Waals surface area contributed by atoms with Gasteiger partial charge in [0, 0.05) is 24.2 Å². The maximum absolute atomic E-state index is 11.2. The molecule has 0 aliphatic carbocycles. The third-order valence-corrected chi connectivity index (χ3v) is 4.63. The number of ether oxygens (including phenoxy) is 4. The van der Waals surface area contributed by atoms with Crippen molar-refractivity contribution in [2.24, 2.45) is 0 Å². The van der Waals surface area contributed by atoms with Crippen LogP contribution in [-0.4, -0.2) is 37.1 Å². The third kappa shape index (κ3) is 6.34. The van der Waals surface area contributed by atoms with E-state index in [1.807, 2.05) is 6.92 Å². The van der Waals surface area contributed by atoms with Gasteiger partial charge in [0.15, 0.2) is 17.3 Å². The van der Waals surface area contributed by atoms with Crippen molar-refractivity contribution in [2.45, 2.75) is 26.7 Å². The number of aromatic nitrogens is 2. The fraction of sp³-hybridized carbons (Fsp3) is 0.292. The van der Waals surface area contributed by atoms with Gasteiger partial charge in [0.2, 0.25) is 11.6 Å². The van der Waals surface area contributed by atoms with E-state index in [1.54, 1.807) is 52.7 Å². The summed E-state index contributed by atoms with van der Waals surface area (Å²) in [6, 6.07) is 3.52. The summed E-state index contributed by atoms with van der Waals surface area (Å²) in [5.41, 5.74) is 2.26. The molecule has 0 aliphatic heterocycles. The molecule has 0 amide bonds. The van der Waals surface area contributed by atoms with Gasteiger partial charge in [-0.15, -0.1) is 0 Å². The molecule has 1 heterocycles. The first-order valence-corrected chi connectivity index (χ1v) is 9.90. The Morgan fingerprint density at radius 2 is 1.72 bits per heavy atom. The van der Waals surface area contributed by atoms with Gasteiger partial charge in [0.05, 0.1) is 33.7 Å². The summed E-state index contributed by atoms with van der Waals surface area (Å²) < 4.78 is 22.0. The second kappa shape index (κ2) is 11.5. The van der Waals surface area contributed by atoms with Crippen LogP contribution < -0.4 is 24.3 Å². The van der Waals surface area contributed by atoms with Crippen LogP contribution in [0.15, 0.2) is 60.7 Å². The zero-order valence-corrected chi connectivity index (χ0v) is 19.2. The number of ketones is 1. The Morgan fingerprint density at radius 1 is 1.06 bits per heavy atom.